The van der Waals surface area contributed by atoms with E-state index in [1.165, 1.54) is 0 Å². The van der Waals surface area contributed by atoms with Crippen LogP contribution in [0.2, 0.25) is 0 Å². The first kappa shape index (κ1) is 24.8. The smallest absolute Gasteiger partial charge is 0.261 e. The van der Waals surface area contributed by atoms with Crippen LogP contribution in [0.4, 0.5) is 0 Å². The minimum atomic E-state index is -0.630. The number of ether oxygens (including phenoxy) is 1. The first-order valence-electron chi connectivity index (χ1n) is 11.3. The van der Waals surface area contributed by atoms with Gasteiger partial charge in [-0.3, -0.25) is 9.59 Å². The molecular weight excluding hydrogens is 480 g/mol. The molecular formula is C27H31BrN2O3. The lowest BCUT2D eigenvalue weighted by molar-refractivity contribution is -0.142. The molecule has 6 heteroatoms. The Kier molecular flexibility index (Phi) is 8.50. The minimum absolute atomic E-state index is 0.0418. The Labute approximate surface area is 204 Å². The fourth-order valence-electron chi connectivity index (χ4n) is 3.57. The number of fused-ring (bicyclic) bond motifs is 1. The maximum atomic E-state index is 13.3. The van der Waals surface area contributed by atoms with Gasteiger partial charge < -0.3 is 15.0 Å². The molecule has 174 valence electrons. The van der Waals surface area contributed by atoms with Gasteiger partial charge in [0.1, 0.15) is 11.8 Å². The van der Waals surface area contributed by atoms with Crippen molar-refractivity contribution in [1.29, 1.82) is 0 Å². The van der Waals surface area contributed by atoms with E-state index in [0.29, 0.717) is 12.3 Å². The molecule has 3 aromatic carbocycles. The number of carbonyl (C=O) groups excluding carboxylic acids is 2. The van der Waals surface area contributed by atoms with Gasteiger partial charge in [0.25, 0.3) is 5.91 Å². The Morgan fingerprint density at radius 3 is 2.45 bits per heavy atom. The zero-order chi connectivity index (χ0) is 24.0. The predicted octanol–water partition coefficient (Wildman–Crippen LogP) is 5.62. The van der Waals surface area contributed by atoms with Crippen LogP contribution in [0.15, 0.2) is 65.1 Å². The van der Waals surface area contributed by atoms with Crippen molar-refractivity contribution in [3.63, 3.8) is 0 Å². The zero-order valence-electron chi connectivity index (χ0n) is 19.6. The molecule has 1 N–H and O–H groups in total. The highest BCUT2D eigenvalue weighted by Crippen LogP contribution is 2.33. The molecule has 33 heavy (non-hydrogen) atoms. The fourth-order valence-corrected chi connectivity index (χ4v) is 4.17. The molecule has 0 radical (unpaired) electrons. The second kappa shape index (κ2) is 11.3. The monoisotopic (exact) mass is 510 g/mol. The average Bonchev–Trinajstić information content (AvgIpc) is 2.82. The molecule has 0 aliphatic rings. The van der Waals surface area contributed by atoms with Crippen LogP contribution in [0, 0.1) is 6.92 Å². The number of hydrogen-bond acceptors (Lipinski definition) is 3. The van der Waals surface area contributed by atoms with E-state index in [9.17, 15) is 9.59 Å². The molecule has 2 amide bonds. The van der Waals surface area contributed by atoms with E-state index in [0.717, 1.165) is 32.8 Å². The van der Waals surface area contributed by atoms with E-state index in [-0.39, 0.29) is 24.5 Å². The maximum absolute atomic E-state index is 13.3. The summed E-state index contributed by atoms with van der Waals surface area (Å²) >= 11 is 3.61. The quantitative estimate of drug-likeness (QED) is 0.406. The van der Waals surface area contributed by atoms with Gasteiger partial charge in [-0.15, -0.1) is 0 Å². The van der Waals surface area contributed by atoms with Crippen molar-refractivity contribution in [2.24, 2.45) is 0 Å². The van der Waals surface area contributed by atoms with E-state index < -0.39 is 6.04 Å². The zero-order valence-corrected chi connectivity index (χ0v) is 21.2. The second-order valence-electron chi connectivity index (χ2n) is 8.33. The highest BCUT2D eigenvalue weighted by atomic mass is 79.9. The third-order valence-electron chi connectivity index (χ3n) is 5.95. The third kappa shape index (κ3) is 6.14. The molecule has 0 unspecified atom stereocenters. The van der Waals surface area contributed by atoms with Crippen LogP contribution in [0.3, 0.4) is 0 Å². The van der Waals surface area contributed by atoms with Gasteiger partial charge >= 0.3 is 0 Å². The Hall–Kier alpha value is -2.86. The number of amides is 2. The summed E-state index contributed by atoms with van der Waals surface area (Å²) in [7, 11) is 0. The molecule has 0 bridgehead atoms. The van der Waals surface area contributed by atoms with E-state index in [2.05, 4.69) is 21.2 Å². The van der Waals surface area contributed by atoms with Gasteiger partial charge in [0, 0.05) is 12.6 Å². The second-order valence-corrected chi connectivity index (χ2v) is 9.12. The van der Waals surface area contributed by atoms with Crippen molar-refractivity contribution in [3.8, 4) is 5.75 Å². The molecule has 3 aromatic rings. The van der Waals surface area contributed by atoms with Crippen LogP contribution < -0.4 is 10.1 Å². The predicted molar refractivity (Wildman–Crippen MR) is 136 cm³/mol. The Morgan fingerprint density at radius 1 is 1.03 bits per heavy atom. The van der Waals surface area contributed by atoms with E-state index >= 15 is 0 Å². The van der Waals surface area contributed by atoms with Gasteiger partial charge in [-0.1, -0.05) is 61.5 Å². The highest BCUT2D eigenvalue weighted by Gasteiger charge is 2.27. The highest BCUT2D eigenvalue weighted by molar-refractivity contribution is 9.10. The number of halogens is 1. The number of nitrogens with one attached hydrogen (secondary N) is 1. The molecule has 5 nitrogen and oxygen atoms in total. The Balaban J connectivity index is 1.80. The molecule has 0 saturated carbocycles. The average molecular weight is 511 g/mol. The van der Waals surface area contributed by atoms with Crippen molar-refractivity contribution in [3.05, 3.63) is 76.3 Å². The molecule has 0 aliphatic heterocycles. The molecule has 0 spiro atoms. The summed E-state index contributed by atoms with van der Waals surface area (Å²) in [5.41, 5.74) is 2.07. The van der Waals surface area contributed by atoms with E-state index in [1.54, 1.807) is 11.8 Å². The molecule has 3 rings (SSSR count). The SMILES string of the molecule is CC[C@@H](C)NC(=O)[C@@H](C)N(Cc1ccccc1C)C(=O)COc1ccc2ccccc2c1Br. The van der Waals surface area contributed by atoms with Crippen molar-refractivity contribution in [2.75, 3.05) is 6.61 Å². The minimum Gasteiger partial charge on any atom is -0.483 e. The third-order valence-corrected chi connectivity index (χ3v) is 6.77. The van der Waals surface area contributed by atoms with Crippen LogP contribution in [0.1, 0.15) is 38.3 Å². The van der Waals surface area contributed by atoms with Gasteiger partial charge in [-0.25, -0.2) is 0 Å². The maximum Gasteiger partial charge on any atom is 0.261 e. The molecule has 0 aromatic heterocycles. The Morgan fingerprint density at radius 2 is 1.73 bits per heavy atom. The van der Waals surface area contributed by atoms with Crippen LogP contribution >= 0.6 is 15.9 Å². The lowest BCUT2D eigenvalue weighted by atomic mass is 10.1. The largest absolute Gasteiger partial charge is 0.483 e. The lowest BCUT2D eigenvalue weighted by Gasteiger charge is -2.30. The topological polar surface area (TPSA) is 58.6 Å². The molecule has 0 saturated heterocycles. The summed E-state index contributed by atoms with van der Waals surface area (Å²) in [5, 5.41) is 5.08. The van der Waals surface area contributed by atoms with Gasteiger partial charge in [-0.2, -0.15) is 0 Å². The summed E-state index contributed by atoms with van der Waals surface area (Å²) in [4.78, 5) is 27.8. The Bertz CT molecular complexity index is 1130. The van der Waals surface area contributed by atoms with Gasteiger partial charge in [-0.05, 0) is 71.1 Å². The van der Waals surface area contributed by atoms with Crippen LogP contribution in [-0.4, -0.2) is 35.4 Å². The van der Waals surface area contributed by atoms with Crippen LogP contribution in [0.5, 0.6) is 5.75 Å². The van der Waals surface area contributed by atoms with Crippen LogP contribution in [-0.2, 0) is 16.1 Å². The number of benzene rings is 3. The number of carbonyl (C=O) groups is 2. The first-order valence-corrected chi connectivity index (χ1v) is 12.1. The molecule has 2 atom stereocenters. The molecule has 0 aliphatic carbocycles. The number of aryl methyl sites for hydroxylation is 1. The summed E-state index contributed by atoms with van der Waals surface area (Å²) in [5.74, 6) is 0.179. The lowest BCUT2D eigenvalue weighted by Crippen LogP contribution is -2.50. The number of rotatable bonds is 9. The number of hydrogen-bond donors (Lipinski definition) is 1. The molecule has 0 heterocycles. The van der Waals surface area contributed by atoms with E-state index in [1.807, 2.05) is 81.4 Å². The summed E-state index contributed by atoms with van der Waals surface area (Å²) in [6.07, 6.45) is 0.823. The van der Waals surface area contributed by atoms with Crippen LogP contribution in [0.25, 0.3) is 10.8 Å². The molecule has 0 fully saturated rings. The standard InChI is InChI=1S/C27H31BrN2O3/c1-5-19(3)29-27(32)20(4)30(16-22-12-7-6-10-18(22)2)25(31)17-33-24-15-14-21-11-8-9-13-23(21)26(24)28/h6-15,19-20H,5,16-17H2,1-4H3,(H,29,32)/t19-,20-/m1/s1. The fraction of sp³-hybridized carbons (Fsp3) is 0.333. The van der Waals surface area contributed by atoms with Crippen molar-refractivity contribution < 1.29 is 14.3 Å². The normalized spacial score (nSPS) is 12.8. The first-order chi connectivity index (χ1) is 15.8. The summed E-state index contributed by atoms with van der Waals surface area (Å²) < 4.78 is 6.72. The summed E-state index contributed by atoms with van der Waals surface area (Å²) in [6.45, 7) is 7.91. The van der Waals surface area contributed by atoms with E-state index in [4.69, 9.17) is 4.74 Å². The summed E-state index contributed by atoms with van der Waals surface area (Å²) in [6, 6.07) is 19.1. The van der Waals surface area contributed by atoms with Gasteiger partial charge in [0.15, 0.2) is 6.61 Å². The van der Waals surface area contributed by atoms with Crippen molar-refractivity contribution >= 4 is 38.5 Å². The van der Waals surface area contributed by atoms with Crippen molar-refractivity contribution in [2.45, 2.75) is 52.7 Å². The number of nitrogens with zero attached hydrogens (tertiary/aromatic N) is 1. The van der Waals surface area contributed by atoms with Crippen molar-refractivity contribution in [1.82, 2.24) is 10.2 Å². The van der Waals surface area contributed by atoms with Gasteiger partial charge in [0.2, 0.25) is 5.91 Å². The van der Waals surface area contributed by atoms with Gasteiger partial charge in [0.05, 0.1) is 4.47 Å².